The zero-order valence-corrected chi connectivity index (χ0v) is 20.0. The molecule has 2 aromatic heterocycles. The van der Waals surface area contributed by atoms with Crippen molar-refractivity contribution >= 4 is 17.3 Å². The van der Waals surface area contributed by atoms with E-state index in [0.717, 1.165) is 17.8 Å². The average Bonchev–Trinajstić information content (AvgIpc) is 2.88. The molecule has 11 heteroatoms. The number of aryl methyl sites for hydroxylation is 1. The van der Waals surface area contributed by atoms with E-state index in [2.05, 4.69) is 15.3 Å². The molecule has 0 radical (unpaired) electrons. The first-order valence-corrected chi connectivity index (χ1v) is 11.6. The summed E-state index contributed by atoms with van der Waals surface area (Å²) in [5.41, 5.74) is 2.33. The summed E-state index contributed by atoms with van der Waals surface area (Å²) in [7, 11) is 0. The number of benzene rings is 1. The molecule has 2 atom stereocenters. The van der Waals surface area contributed by atoms with Crippen LogP contribution in [0.1, 0.15) is 40.3 Å². The molecular formula is C26H24F4N4O3. The number of nitrogens with zero attached hydrogens (tertiary/aromatic N) is 3. The summed E-state index contributed by atoms with van der Waals surface area (Å²) in [6, 6.07) is 7.89. The standard InChI is InChI=1S/C26H24F4N4O3/c1-14-3-4-17(33-24(36)15-5-6-31-20(10-15)25(2,27)28)11-18(14)16-9-19-22(32-12-16)23(35)26(29,30)21-13-37-8-7-34(19)21/h3-6,9-12,21,23,35H,7-8,13H2,1-2H3,(H,33,36)/t21-,23-/m1/s1. The highest BCUT2D eigenvalue weighted by molar-refractivity contribution is 6.04. The largest absolute Gasteiger partial charge is 0.380 e. The maximum Gasteiger partial charge on any atom is 0.301 e. The number of aliphatic hydroxyl groups is 1. The Morgan fingerprint density at radius 2 is 2.00 bits per heavy atom. The Hall–Kier alpha value is -3.57. The molecule has 2 aliphatic heterocycles. The lowest BCUT2D eigenvalue weighted by atomic mass is 9.91. The molecule has 1 saturated heterocycles. The van der Waals surface area contributed by atoms with Gasteiger partial charge >= 0.3 is 5.92 Å². The van der Waals surface area contributed by atoms with Crippen LogP contribution in [0, 0.1) is 6.92 Å². The highest BCUT2D eigenvalue weighted by Gasteiger charge is 2.56. The van der Waals surface area contributed by atoms with Gasteiger partial charge in [0.1, 0.15) is 11.7 Å². The molecular weight excluding hydrogens is 492 g/mol. The second-order valence-corrected chi connectivity index (χ2v) is 9.29. The minimum Gasteiger partial charge on any atom is -0.380 e. The Morgan fingerprint density at radius 1 is 1.22 bits per heavy atom. The van der Waals surface area contributed by atoms with Gasteiger partial charge in [-0.2, -0.15) is 8.78 Å². The third kappa shape index (κ3) is 4.53. The van der Waals surface area contributed by atoms with Crippen molar-refractivity contribution in [2.45, 2.75) is 37.8 Å². The summed E-state index contributed by atoms with van der Waals surface area (Å²) >= 11 is 0. The fourth-order valence-electron chi connectivity index (χ4n) is 4.65. The van der Waals surface area contributed by atoms with Crippen molar-refractivity contribution < 1.29 is 32.2 Å². The van der Waals surface area contributed by atoms with Crippen molar-refractivity contribution in [1.29, 1.82) is 0 Å². The zero-order chi connectivity index (χ0) is 26.5. The van der Waals surface area contributed by atoms with Gasteiger partial charge in [0.15, 0.2) is 6.10 Å². The number of nitrogens with one attached hydrogen (secondary N) is 1. The number of rotatable bonds is 4. The number of anilines is 2. The number of fused-ring (bicyclic) bond motifs is 3. The minimum atomic E-state index is -3.42. The van der Waals surface area contributed by atoms with Crippen molar-refractivity contribution in [2.24, 2.45) is 0 Å². The molecule has 7 nitrogen and oxygen atoms in total. The molecule has 2 N–H and O–H groups in total. The number of aliphatic hydroxyl groups excluding tert-OH is 1. The van der Waals surface area contributed by atoms with Gasteiger partial charge in [0.05, 0.1) is 24.6 Å². The normalized spacial score (nSPS) is 20.7. The van der Waals surface area contributed by atoms with Crippen LogP contribution in [0.2, 0.25) is 0 Å². The molecule has 5 rings (SSSR count). The van der Waals surface area contributed by atoms with Gasteiger partial charge in [-0.05, 0) is 48.4 Å². The van der Waals surface area contributed by atoms with Crippen molar-refractivity contribution in [1.82, 2.24) is 9.97 Å². The Labute approximate surface area is 210 Å². The van der Waals surface area contributed by atoms with E-state index in [1.165, 1.54) is 17.2 Å². The van der Waals surface area contributed by atoms with Gasteiger partial charge in [0.25, 0.3) is 11.8 Å². The number of carbonyl (C=O) groups is 1. The lowest BCUT2D eigenvalue weighted by Gasteiger charge is -2.47. The highest BCUT2D eigenvalue weighted by atomic mass is 19.3. The SMILES string of the molecule is Cc1ccc(NC(=O)c2ccnc(C(C)(F)F)c2)cc1-c1cnc2c(c1)N1CCOC[C@@H]1C(F)(F)[C@@H]2O. The van der Waals surface area contributed by atoms with E-state index >= 15 is 0 Å². The maximum atomic E-state index is 14.8. The summed E-state index contributed by atoms with van der Waals surface area (Å²) in [5, 5.41) is 13.1. The van der Waals surface area contributed by atoms with Crippen LogP contribution in [0.15, 0.2) is 48.8 Å². The number of halogens is 4. The van der Waals surface area contributed by atoms with Crippen LogP contribution in [0.5, 0.6) is 0 Å². The number of morpholine rings is 1. The van der Waals surface area contributed by atoms with Gasteiger partial charge < -0.3 is 20.1 Å². The molecule has 0 unspecified atom stereocenters. The molecule has 1 aromatic carbocycles. The van der Waals surface area contributed by atoms with Crippen LogP contribution in [-0.2, 0) is 10.7 Å². The predicted molar refractivity (Wildman–Crippen MR) is 128 cm³/mol. The zero-order valence-electron chi connectivity index (χ0n) is 20.0. The van der Waals surface area contributed by atoms with Gasteiger partial charge in [-0.15, -0.1) is 0 Å². The Morgan fingerprint density at radius 3 is 2.76 bits per heavy atom. The number of aromatic nitrogens is 2. The molecule has 2 aliphatic rings. The van der Waals surface area contributed by atoms with Crippen LogP contribution >= 0.6 is 0 Å². The molecule has 194 valence electrons. The Kier molecular flexibility index (Phi) is 6.15. The van der Waals surface area contributed by atoms with Crippen molar-refractivity contribution in [3.63, 3.8) is 0 Å². The first-order chi connectivity index (χ1) is 17.5. The fourth-order valence-corrected chi connectivity index (χ4v) is 4.65. The summed E-state index contributed by atoms with van der Waals surface area (Å²) in [6.45, 7) is 2.84. The summed E-state index contributed by atoms with van der Waals surface area (Å²) in [4.78, 5) is 22.1. The first-order valence-electron chi connectivity index (χ1n) is 11.6. The van der Waals surface area contributed by atoms with E-state index in [4.69, 9.17) is 4.74 Å². The Bertz CT molecular complexity index is 1360. The van der Waals surface area contributed by atoms with Crippen LogP contribution in [0.25, 0.3) is 11.1 Å². The second-order valence-electron chi connectivity index (χ2n) is 9.29. The molecule has 0 bridgehead atoms. The average molecular weight is 516 g/mol. The van der Waals surface area contributed by atoms with Crippen LogP contribution in [0.3, 0.4) is 0 Å². The van der Waals surface area contributed by atoms with Gasteiger partial charge in [0, 0.05) is 42.7 Å². The molecule has 0 saturated carbocycles. The van der Waals surface area contributed by atoms with Crippen molar-refractivity contribution in [3.05, 3.63) is 71.3 Å². The number of hydrogen-bond acceptors (Lipinski definition) is 6. The highest BCUT2D eigenvalue weighted by Crippen LogP contribution is 2.47. The number of amides is 1. The fraction of sp³-hybridized carbons (Fsp3) is 0.346. The predicted octanol–water partition coefficient (Wildman–Crippen LogP) is 4.70. The topological polar surface area (TPSA) is 87.6 Å². The number of hydrogen-bond donors (Lipinski definition) is 2. The molecule has 1 fully saturated rings. The lowest BCUT2D eigenvalue weighted by molar-refractivity contribution is -0.153. The van der Waals surface area contributed by atoms with E-state index in [-0.39, 0.29) is 31.0 Å². The molecule has 3 aromatic rings. The summed E-state index contributed by atoms with van der Waals surface area (Å²) in [5.74, 6) is -7.20. The number of alkyl halides is 4. The number of pyridine rings is 2. The van der Waals surface area contributed by atoms with E-state index in [9.17, 15) is 27.5 Å². The van der Waals surface area contributed by atoms with Gasteiger partial charge in [-0.3, -0.25) is 14.8 Å². The summed E-state index contributed by atoms with van der Waals surface area (Å²) in [6.07, 6.45) is 0.496. The Balaban J connectivity index is 1.47. The van der Waals surface area contributed by atoms with Gasteiger partial charge in [-0.25, -0.2) is 8.78 Å². The minimum absolute atomic E-state index is 0.0253. The van der Waals surface area contributed by atoms with E-state index in [1.807, 2.05) is 6.92 Å². The third-order valence-electron chi connectivity index (χ3n) is 6.68. The van der Waals surface area contributed by atoms with Crippen molar-refractivity contribution in [3.8, 4) is 11.1 Å². The number of carbonyl (C=O) groups excluding carboxylic acids is 1. The van der Waals surface area contributed by atoms with Gasteiger partial charge in [-0.1, -0.05) is 6.07 Å². The van der Waals surface area contributed by atoms with E-state index in [0.29, 0.717) is 29.4 Å². The monoisotopic (exact) mass is 516 g/mol. The van der Waals surface area contributed by atoms with Crippen molar-refractivity contribution in [2.75, 3.05) is 30.0 Å². The maximum absolute atomic E-state index is 14.8. The molecule has 37 heavy (non-hydrogen) atoms. The summed E-state index contributed by atoms with van der Waals surface area (Å²) < 4.78 is 62.1. The second kappa shape index (κ2) is 9.07. The molecule has 0 aliphatic carbocycles. The van der Waals surface area contributed by atoms with E-state index < -0.39 is 35.6 Å². The smallest absolute Gasteiger partial charge is 0.301 e. The van der Waals surface area contributed by atoms with E-state index in [1.54, 1.807) is 24.3 Å². The lowest BCUT2D eigenvalue weighted by Crippen LogP contribution is -2.60. The quantitative estimate of drug-likeness (QED) is 0.489. The van der Waals surface area contributed by atoms with Crippen LogP contribution in [0.4, 0.5) is 28.9 Å². The molecule has 0 spiro atoms. The van der Waals surface area contributed by atoms with Crippen LogP contribution < -0.4 is 10.2 Å². The van der Waals surface area contributed by atoms with Gasteiger partial charge in [0.2, 0.25) is 0 Å². The third-order valence-corrected chi connectivity index (χ3v) is 6.68. The molecule has 1 amide bonds. The van der Waals surface area contributed by atoms with Crippen LogP contribution in [-0.4, -0.2) is 52.7 Å². The number of ether oxygens (including phenoxy) is 1. The first kappa shape index (κ1) is 25.1. The molecule has 4 heterocycles.